The number of halogens is 1. The zero-order chi connectivity index (χ0) is 17.1. The lowest BCUT2D eigenvalue weighted by Gasteiger charge is -2.15. The highest BCUT2D eigenvalue weighted by Gasteiger charge is 2.27. The highest BCUT2D eigenvalue weighted by atomic mass is 35.5. The number of aromatic nitrogens is 2. The second kappa shape index (κ2) is 6.70. The molecule has 2 rings (SSSR count). The number of aliphatic carboxylic acids is 1. The van der Waals surface area contributed by atoms with Crippen LogP contribution in [-0.2, 0) is 16.0 Å². The van der Waals surface area contributed by atoms with Crippen molar-refractivity contribution >= 4 is 23.5 Å². The van der Waals surface area contributed by atoms with E-state index in [0.717, 1.165) is 0 Å². The summed E-state index contributed by atoms with van der Waals surface area (Å²) in [6.45, 7) is 3.36. The molecule has 1 heterocycles. The van der Waals surface area contributed by atoms with Crippen molar-refractivity contribution in [3.8, 4) is 5.75 Å². The van der Waals surface area contributed by atoms with Crippen LogP contribution in [0.15, 0.2) is 18.2 Å². The summed E-state index contributed by atoms with van der Waals surface area (Å²) in [6.07, 6.45) is -0.0558. The minimum absolute atomic E-state index is 0.0558. The molecular weight excluding hydrogens is 322 g/mol. The first-order chi connectivity index (χ1) is 10.8. The lowest BCUT2D eigenvalue weighted by Crippen LogP contribution is -2.35. The van der Waals surface area contributed by atoms with E-state index in [1.165, 1.54) is 12.1 Å². The maximum atomic E-state index is 12.1. The molecule has 4 N–H and O–H groups in total. The van der Waals surface area contributed by atoms with E-state index >= 15 is 0 Å². The number of carbonyl (C=O) groups excluding carboxylic acids is 1. The summed E-state index contributed by atoms with van der Waals surface area (Å²) in [6, 6.07) is 3.20. The molecule has 0 bridgehead atoms. The zero-order valence-electron chi connectivity index (χ0n) is 12.6. The minimum Gasteiger partial charge on any atom is -0.506 e. The van der Waals surface area contributed by atoms with Crippen molar-refractivity contribution in [1.82, 2.24) is 15.5 Å². The van der Waals surface area contributed by atoms with Gasteiger partial charge in [0.2, 0.25) is 5.91 Å². The number of carboxylic acids is 1. The molecule has 2 aromatic rings. The number of aromatic hydroxyl groups is 1. The molecule has 0 aliphatic heterocycles. The molecule has 8 heteroatoms. The van der Waals surface area contributed by atoms with Gasteiger partial charge in [0.15, 0.2) is 6.04 Å². The largest absolute Gasteiger partial charge is 0.506 e. The number of phenolic OH excluding ortho intramolecular Hbond substituents is 1. The first kappa shape index (κ1) is 16.8. The summed E-state index contributed by atoms with van der Waals surface area (Å²) in [4.78, 5) is 23.6. The molecule has 1 unspecified atom stereocenters. The molecule has 1 aromatic carbocycles. The van der Waals surface area contributed by atoms with Gasteiger partial charge in [0.05, 0.1) is 17.1 Å². The quantitative estimate of drug-likeness (QED) is 0.664. The highest BCUT2D eigenvalue weighted by molar-refractivity contribution is 6.32. The number of nitrogens with one attached hydrogen (secondary N) is 2. The van der Waals surface area contributed by atoms with E-state index in [4.69, 9.17) is 11.6 Å². The normalized spacial score (nSPS) is 12.0. The van der Waals surface area contributed by atoms with E-state index in [9.17, 15) is 19.8 Å². The van der Waals surface area contributed by atoms with Gasteiger partial charge in [-0.2, -0.15) is 5.10 Å². The number of aryl methyl sites for hydroxylation is 2. The average molecular weight is 338 g/mol. The summed E-state index contributed by atoms with van der Waals surface area (Å²) >= 11 is 5.79. The average Bonchev–Trinajstić information content (AvgIpc) is 2.79. The minimum atomic E-state index is -1.19. The topological polar surface area (TPSA) is 115 Å². The molecule has 0 saturated carbocycles. The number of carboxylic acid groups (broad SMARTS) is 1. The SMILES string of the molecule is Cc1n[nH]c(C)c1C(NC(=O)Cc1ccc(O)c(Cl)c1)C(=O)O. The van der Waals surface area contributed by atoms with E-state index in [-0.39, 0.29) is 17.2 Å². The zero-order valence-corrected chi connectivity index (χ0v) is 13.3. The second-order valence-electron chi connectivity index (χ2n) is 5.15. The molecule has 0 aliphatic rings. The Kier molecular flexibility index (Phi) is 4.90. The first-order valence-corrected chi connectivity index (χ1v) is 7.18. The van der Waals surface area contributed by atoms with Crippen LogP contribution in [0.2, 0.25) is 5.02 Å². The fourth-order valence-electron chi connectivity index (χ4n) is 2.30. The van der Waals surface area contributed by atoms with E-state index in [2.05, 4.69) is 15.5 Å². The van der Waals surface area contributed by atoms with Crippen LogP contribution in [0.3, 0.4) is 0 Å². The number of nitrogens with zero attached hydrogens (tertiary/aromatic N) is 1. The smallest absolute Gasteiger partial charge is 0.331 e. The van der Waals surface area contributed by atoms with Gasteiger partial charge in [-0.05, 0) is 31.5 Å². The van der Waals surface area contributed by atoms with Crippen LogP contribution in [-0.4, -0.2) is 32.3 Å². The van der Waals surface area contributed by atoms with E-state index in [1.807, 2.05) is 0 Å². The standard InChI is InChI=1S/C15H16ClN3O4/c1-7-13(8(2)19-18-7)14(15(22)23)17-12(21)6-9-3-4-11(20)10(16)5-9/h3-5,14,20H,6H2,1-2H3,(H,17,21)(H,18,19)(H,22,23). The third kappa shape index (κ3) is 3.81. The van der Waals surface area contributed by atoms with Crippen LogP contribution < -0.4 is 5.32 Å². The van der Waals surface area contributed by atoms with Crippen LogP contribution in [0.5, 0.6) is 5.75 Å². The molecule has 1 amide bonds. The summed E-state index contributed by atoms with van der Waals surface area (Å²) in [5.74, 6) is -1.72. The Hall–Kier alpha value is -2.54. The molecule has 122 valence electrons. The van der Waals surface area contributed by atoms with Crippen molar-refractivity contribution in [1.29, 1.82) is 0 Å². The maximum Gasteiger partial charge on any atom is 0.331 e. The van der Waals surface area contributed by atoms with Crippen LogP contribution in [0, 0.1) is 13.8 Å². The Morgan fingerprint density at radius 1 is 1.39 bits per heavy atom. The van der Waals surface area contributed by atoms with Crippen LogP contribution in [0.4, 0.5) is 0 Å². The van der Waals surface area contributed by atoms with Gasteiger partial charge in [-0.3, -0.25) is 9.89 Å². The van der Waals surface area contributed by atoms with Gasteiger partial charge >= 0.3 is 5.97 Å². The number of benzene rings is 1. The van der Waals surface area contributed by atoms with Crippen LogP contribution in [0.1, 0.15) is 28.6 Å². The molecule has 1 atom stereocenters. The van der Waals surface area contributed by atoms with E-state index < -0.39 is 17.9 Å². The first-order valence-electron chi connectivity index (χ1n) is 6.80. The van der Waals surface area contributed by atoms with E-state index in [1.54, 1.807) is 19.9 Å². The van der Waals surface area contributed by atoms with Gasteiger partial charge in [-0.1, -0.05) is 17.7 Å². The number of hydrogen-bond acceptors (Lipinski definition) is 4. The van der Waals surface area contributed by atoms with Gasteiger partial charge in [0.1, 0.15) is 5.75 Å². The fraction of sp³-hybridized carbons (Fsp3) is 0.267. The third-order valence-corrected chi connectivity index (χ3v) is 3.71. The number of hydrogen-bond donors (Lipinski definition) is 4. The van der Waals surface area contributed by atoms with Crippen LogP contribution >= 0.6 is 11.6 Å². The van der Waals surface area contributed by atoms with Gasteiger partial charge in [-0.15, -0.1) is 0 Å². The number of aromatic amines is 1. The maximum absolute atomic E-state index is 12.1. The monoisotopic (exact) mass is 337 g/mol. The van der Waals surface area contributed by atoms with Crippen molar-refractivity contribution in [2.45, 2.75) is 26.3 Å². The van der Waals surface area contributed by atoms with Crippen LogP contribution in [0.25, 0.3) is 0 Å². The van der Waals surface area contributed by atoms with Crippen molar-refractivity contribution in [3.63, 3.8) is 0 Å². The van der Waals surface area contributed by atoms with Crippen molar-refractivity contribution < 1.29 is 19.8 Å². The molecule has 1 aromatic heterocycles. The molecule has 0 fully saturated rings. The Balaban J connectivity index is 2.16. The molecule has 0 spiro atoms. The number of rotatable bonds is 5. The number of carbonyl (C=O) groups is 2. The number of phenols is 1. The summed E-state index contributed by atoms with van der Waals surface area (Å²) in [5, 5.41) is 28.0. The Morgan fingerprint density at radius 3 is 2.61 bits per heavy atom. The number of amides is 1. The van der Waals surface area contributed by atoms with Gasteiger partial charge in [0, 0.05) is 11.3 Å². The predicted molar refractivity (Wildman–Crippen MR) is 83.4 cm³/mol. The van der Waals surface area contributed by atoms with Crippen molar-refractivity contribution in [3.05, 3.63) is 45.7 Å². The fourth-order valence-corrected chi connectivity index (χ4v) is 2.50. The lowest BCUT2D eigenvalue weighted by molar-refractivity contribution is -0.142. The summed E-state index contributed by atoms with van der Waals surface area (Å²) in [5.41, 5.74) is 2.11. The van der Waals surface area contributed by atoms with Gasteiger partial charge in [-0.25, -0.2) is 4.79 Å². The predicted octanol–water partition coefficient (Wildman–Crippen LogP) is 1.87. The van der Waals surface area contributed by atoms with Gasteiger partial charge in [0.25, 0.3) is 0 Å². The highest BCUT2D eigenvalue weighted by Crippen LogP contribution is 2.24. The Morgan fingerprint density at radius 2 is 2.09 bits per heavy atom. The lowest BCUT2D eigenvalue weighted by atomic mass is 10.0. The second-order valence-corrected chi connectivity index (χ2v) is 5.56. The van der Waals surface area contributed by atoms with Crippen molar-refractivity contribution in [2.24, 2.45) is 0 Å². The van der Waals surface area contributed by atoms with Crippen molar-refractivity contribution in [2.75, 3.05) is 0 Å². The number of H-pyrrole nitrogens is 1. The summed E-state index contributed by atoms with van der Waals surface area (Å²) in [7, 11) is 0. The molecular formula is C15H16ClN3O4. The molecule has 0 saturated heterocycles. The summed E-state index contributed by atoms with van der Waals surface area (Å²) < 4.78 is 0. The molecule has 23 heavy (non-hydrogen) atoms. The van der Waals surface area contributed by atoms with E-state index in [0.29, 0.717) is 22.5 Å². The molecule has 0 aliphatic carbocycles. The van der Waals surface area contributed by atoms with Gasteiger partial charge < -0.3 is 15.5 Å². The third-order valence-electron chi connectivity index (χ3n) is 3.40. The molecule has 0 radical (unpaired) electrons. The Bertz CT molecular complexity index is 738. The Labute approximate surface area is 137 Å². The molecule has 7 nitrogen and oxygen atoms in total.